The van der Waals surface area contributed by atoms with Gasteiger partial charge in [-0.25, -0.2) is 4.39 Å². The Balaban J connectivity index is 2.49. The number of carbonyl (C=O) groups excluding carboxylic acids is 1. The third kappa shape index (κ3) is 2.22. The molecular formula is C14H12FNO2. The number of benzene rings is 1. The van der Waals surface area contributed by atoms with Gasteiger partial charge in [0.25, 0.3) is 5.56 Å². The van der Waals surface area contributed by atoms with Gasteiger partial charge in [0.2, 0.25) is 0 Å². The summed E-state index contributed by atoms with van der Waals surface area (Å²) in [7, 11) is 0. The van der Waals surface area contributed by atoms with Crippen molar-refractivity contribution in [1.29, 1.82) is 0 Å². The molecule has 0 bridgehead atoms. The van der Waals surface area contributed by atoms with Crippen LogP contribution in [0.15, 0.2) is 47.4 Å². The van der Waals surface area contributed by atoms with Gasteiger partial charge in [-0.15, -0.1) is 0 Å². The number of pyridine rings is 1. The summed E-state index contributed by atoms with van der Waals surface area (Å²) in [5.74, 6) is -0.348. The van der Waals surface area contributed by atoms with E-state index in [-0.39, 0.29) is 23.0 Å². The molecule has 0 N–H and O–H groups in total. The van der Waals surface area contributed by atoms with E-state index in [1.807, 2.05) is 0 Å². The third-order valence-electron chi connectivity index (χ3n) is 2.88. The molecule has 0 amide bonds. The number of aromatic nitrogens is 1. The highest BCUT2D eigenvalue weighted by molar-refractivity contribution is 5.73. The second-order valence-electron chi connectivity index (χ2n) is 4.02. The lowest BCUT2D eigenvalue weighted by molar-refractivity contribution is 0.112. The molecule has 0 aliphatic carbocycles. The first-order valence-electron chi connectivity index (χ1n) is 5.55. The molecule has 0 fully saturated rings. The maximum Gasteiger partial charge on any atom is 0.261 e. The fraction of sp³-hybridized carbons (Fsp3) is 0.143. The molecule has 0 saturated heterocycles. The number of hydrogen-bond acceptors (Lipinski definition) is 2. The Bertz CT molecular complexity index is 634. The Kier molecular flexibility index (Phi) is 3.37. The average molecular weight is 245 g/mol. The van der Waals surface area contributed by atoms with E-state index in [2.05, 4.69) is 0 Å². The normalized spacial score (nSPS) is 12.1. The van der Waals surface area contributed by atoms with Crippen molar-refractivity contribution in [2.24, 2.45) is 0 Å². The SMILES string of the molecule is CC(c1cccc(F)c1)n1cccc(C=O)c1=O. The highest BCUT2D eigenvalue weighted by atomic mass is 19.1. The molecule has 1 aromatic heterocycles. The van der Waals surface area contributed by atoms with E-state index in [1.54, 1.807) is 31.3 Å². The zero-order valence-electron chi connectivity index (χ0n) is 9.84. The van der Waals surface area contributed by atoms with Gasteiger partial charge in [0, 0.05) is 6.20 Å². The van der Waals surface area contributed by atoms with Crippen molar-refractivity contribution in [2.45, 2.75) is 13.0 Å². The fourth-order valence-electron chi connectivity index (χ4n) is 1.85. The first-order valence-corrected chi connectivity index (χ1v) is 5.55. The van der Waals surface area contributed by atoms with Crippen molar-refractivity contribution >= 4 is 6.29 Å². The maximum atomic E-state index is 13.1. The summed E-state index contributed by atoms with van der Waals surface area (Å²) in [6.45, 7) is 1.78. The zero-order chi connectivity index (χ0) is 13.1. The van der Waals surface area contributed by atoms with Gasteiger partial charge in [-0.1, -0.05) is 12.1 Å². The third-order valence-corrected chi connectivity index (χ3v) is 2.88. The smallest absolute Gasteiger partial charge is 0.261 e. The van der Waals surface area contributed by atoms with Crippen LogP contribution in [0.2, 0.25) is 0 Å². The highest BCUT2D eigenvalue weighted by Gasteiger charge is 2.11. The van der Waals surface area contributed by atoms with Crippen LogP contribution in [0.25, 0.3) is 0 Å². The van der Waals surface area contributed by atoms with Crippen LogP contribution in [-0.4, -0.2) is 10.9 Å². The van der Waals surface area contributed by atoms with E-state index in [9.17, 15) is 14.0 Å². The van der Waals surface area contributed by atoms with Gasteiger partial charge < -0.3 is 4.57 Å². The molecule has 0 aliphatic rings. The molecule has 3 nitrogen and oxygen atoms in total. The summed E-state index contributed by atoms with van der Waals surface area (Å²) in [5, 5.41) is 0. The molecule has 4 heteroatoms. The summed E-state index contributed by atoms with van der Waals surface area (Å²) in [6, 6.07) is 8.83. The molecule has 1 atom stereocenters. The number of carbonyl (C=O) groups is 1. The quantitative estimate of drug-likeness (QED) is 0.779. The van der Waals surface area contributed by atoms with E-state index in [0.717, 1.165) is 0 Å². The van der Waals surface area contributed by atoms with Crippen LogP contribution in [0.4, 0.5) is 4.39 Å². The number of hydrogen-bond donors (Lipinski definition) is 0. The zero-order valence-corrected chi connectivity index (χ0v) is 9.84. The number of rotatable bonds is 3. The van der Waals surface area contributed by atoms with Crippen LogP contribution in [0.5, 0.6) is 0 Å². The summed E-state index contributed by atoms with van der Waals surface area (Å²) in [6.07, 6.45) is 2.11. The van der Waals surface area contributed by atoms with Crippen LogP contribution in [-0.2, 0) is 0 Å². The minimum Gasteiger partial charge on any atom is -0.308 e. The van der Waals surface area contributed by atoms with Gasteiger partial charge in [0.1, 0.15) is 5.82 Å². The molecule has 1 aromatic carbocycles. The topological polar surface area (TPSA) is 39.1 Å². The molecule has 0 saturated carbocycles. The molecule has 0 spiro atoms. The Hall–Kier alpha value is -2.23. The Labute approximate surface area is 104 Å². The Morgan fingerprint density at radius 1 is 1.28 bits per heavy atom. The first-order chi connectivity index (χ1) is 8.63. The van der Waals surface area contributed by atoms with Crippen molar-refractivity contribution < 1.29 is 9.18 Å². The largest absolute Gasteiger partial charge is 0.308 e. The Morgan fingerprint density at radius 2 is 2.06 bits per heavy atom. The second-order valence-corrected chi connectivity index (χ2v) is 4.02. The summed E-state index contributed by atoms with van der Waals surface area (Å²) >= 11 is 0. The van der Waals surface area contributed by atoms with Crippen molar-refractivity contribution in [3.8, 4) is 0 Å². The molecule has 92 valence electrons. The van der Waals surface area contributed by atoms with Gasteiger partial charge in [-0.3, -0.25) is 9.59 Å². The van der Waals surface area contributed by atoms with Crippen LogP contribution in [0.3, 0.4) is 0 Å². The number of halogens is 1. The van der Waals surface area contributed by atoms with Crippen LogP contribution in [0.1, 0.15) is 28.9 Å². The Morgan fingerprint density at radius 3 is 2.72 bits per heavy atom. The van der Waals surface area contributed by atoms with Gasteiger partial charge >= 0.3 is 0 Å². The maximum absolute atomic E-state index is 13.1. The summed E-state index contributed by atoms with van der Waals surface area (Å²) < 4.78 is 14.6. The van der Waals surface area contributed by atoms with Crippen LogP contribution in [0, 0.1) is 5.82 Å². The minimum atomic E-state index is -0.371. The van der Waals surface area contributed by atoms with Gasteiger partial charge in [0.05, 0.1) is 11.6 Å². The van der Waals surface area contributed by atoms with Crippen LogP contribution >= 0.6 is 0 Å². The first kappa shape index (κ1) is 12.2. The average Bonchev–Trinajstić information content (AvgIpc) is 2.38. The molecular weight excluding hydrogens is 233 g/mol. The molecule has 2 aromatic rings. The van der Waals surface area contributed by atoms with Gasteiger partial charge in [-0.2, -0.15) is 0 Å². The number of aldehydes is 1. The molecule has 1 unspecified atom stereocenters. The van der Waals surface area contributed by atoms with Crippen LogP contribution < -0.4 is 5.56 Å². The lowest BCUT2D eigenvalue weighted by atomic mass is 10.1. The van der Waals surface area contributed by atoms with E-state index < -0.39 is 0 Å². The monoisotopic (exact) mass is 245 g/mol. The van der Waals surface area contributed by atoms with E-state index in [1.165, 1.54) is 22.8 Å². The van der Waals surface area contributed by atoms with Crippen molar-refractivity contribution in [1.82, 2.24) is 4.57 Å². The lowest BCUT2D eigenvalue weighted by Crippen LogP contribution is -2.26. The van der Waals surface area contributed by atoms with Gasteiger partial charge in [0.15, 0.2) is 6.29 Å². The summed E-state index contributed by atoms with van der Waals surface area (Å²) in [4.78, 5) is 22.7. The lowest BCUT2D eigenvalue weighted by Gasteiger charge is -2.15. The van der Waals surface area contributed by atoms with Crippen molar-refractivity contribution in [3.63, 3.8) is 0 Å². The molecule has 0 radical (unpaired) electrons. The van der Waals surface area contributed by atoms with Crippen molar-refractivity contribution in [2.75, 3.05) is 0 Å². The van der Waals surface area contributed by atoms with E-state index in [4.69, 9.17) is 0 Å². The molecule has 1 heterocycles. The fourth-order valence-corrected chi connectivity index (χ4v) is 1.85. The predicted octanol–water partition coefficient (Wildman–Crippen LogP) is 2.41. The minimum absolute atomic E-state index is 0.0979. The molecule has 0 aliphatic heterocycles. The summed E-state index contributed by atoms with van der Waals surface area (Å²) in [5.41, 5.74) is 0.408. The predicted molar refractivity (Wildman–Crippen MR) is 66.3 cm³/mol. The van der Waals surface area contributed by atoms with Gasteiger partial charge in [-0.05, 0) is 36.8 Å². The van der Waals surface area contributed by atoms with E-state index >= 15 is 0 Å². The second kappa shape index (κ2) is 4.96. The van der Waals surface area contributed by atoms with Crippen molar-refractivity contribution in [3.05, 3.63) is 69.9 Å². The standard InChI is InChI=1S/C14H12FNO2/c1-10(11-4-2-6-13(15)8-11)16-7-3-5-12(9-17)14(16)18/h2-10H,1H3. The number of nitrogens with zero attached hydrogens (tertiary/aromatic N) is 1. The molecule has 18 heavy (non-hydrogen) atoms. The van der Waals surface area contributed by atoms with E-state index in [0.29, 0.717) is 11.8 Å². The highest BCUT2D eigenvalue weighted by Crippen LogP contribution is 2.16. The molecule has 2 rings (SSSR count).